The fourth-order valence-corrected chi connectivity index (χ4v) is 12.4. The number of anilines is 2. The Morgan fingerprint density at radius 1 is 0.438 bits per heavy atom. The molecule has 0 saturated heterocycles. The van der Waals surface area contributed by atoms with Crippen molar-refractivity contribution in [2.45, 2.75) is 37.6 Å². The van der Waals surface area contributed by atoms with E-state index >= 15 is 0 Å². The molecule has 0 fully saturated rings. The van der Waals surface area contributed by atoms with E-state index in [9.17, 15) is 0 Å². The Morgan fingerprint density at radius 2 is 1.05 bits per heavy atom. The van der Waals surface area contributed by atoms with Crippen molar-refractivity contribution in [2.24, 2.45) is 0 Å². The second-order valence-corrected chi connectivity index (χ2v) is 19.2. The second kappa shape index (κ2) is 14.9. The van der Waals surface area contributed by atoms with Gasteiger partial charge >= 0.3 is 0 Å². The zero-order chi connectivity index (χ0) is 43.0. The summed E-state index contributed by atoms with van der Waals surface area (Å²) < 4.78 is 2.67. The average molecular weight is 838 g/mol. The van der Waals surface area contributed by atoms with Crippen molar-refractivity contribution in [3.05, 3.63) is 241 Å². The number of rotatable bonds is 7. The largest absolute Gasteiger partial charge is 0.332 e. The van der Waals surface area contributed by atoms with E-state index in [4.69, 9.17) is 0 Å². The van der Waals surface area contributed by atoms with Crippen molar-refractivity contribution >= 4 is 53.7 Å². The van der Waals surface area contributed by atoms with E-state index in [2.05, 4.69) is 250 Å². The predicted molar refractivity (Wildman–Crippen MR) is 275 cm³/mol. The van der Waals surface area contributed by atoms with Gasteiger partial charge in [0.1, 0.15) is 0 Å². The Hall–Kier alpha value is -7.26. The molecular formula is C62H47NS. The van der Waals surface area contributed by atoms with Gasteiger partial charge in [0.05, 0.1) is 6.04 Å². The van der Waals surface area contributed by atoms with Crippen LogP contribution >= 0.6 is 11.3 Å². The first-order chi connectivity index (χ1) is 31.4. The summed E-state index contributed by atoms with van der Waals surface area (Å²) in [4.78, 5) is 2.67. The summed E-state index contributed by atoms with van der Waals surface area (Å²) in [6, 6.07) is 74.5. The first-order valence-corrected chi connectivity index (χ1v) is 23.3. The number of hydrogen-bond acceptors (Lipinski definition) is 2. The number of benzene rings is 9. The molecule has 2 atom stereocenters. The molecule has 1 heterocycles. The van der Waals surface area contributed by atoms with Gasteiger partial charge in [0.15, 0.2) is 0 Å². The number of fused-ring (bicyclic) bond motifs is 7. The molecule has 10 aromatic rings. The van der Waals surface area contributed by atoms with E-state index in [-0.39, 0.29) is 11.5 Å². The standard InChI is InChI=1S/C62H47NS/c1-61(2)52-31-11-7-25-46(52)47-38-37-43(40-54(47)61)44-24-8-12-33-55(44)63(58-36-15-16-39-62(58,3)53-32-19-30-51-49-27-10-14-35-57(49)64-60(51)53)56-34-13-9-26-48(56)50-29-18-23-42-22-17-28-45(59(42)50)41-20-5-4-6-21-41/h4-40,58H,1-3H3. The van der Waals surface area contributed by atoms with Crippen LogP contribution in [0.5, 0.6) is 0 Å². The summed E-state index contributed by atoms with van der Waals surface area (Å²) in [5.41, 5.74) is 15.9. The number of para-hydroxylation sites is 2. The molecule has 0 amide bonds. The van der Waals surface area contributed by atoms with Gasteiger partial charge in [0.2, 0.25) is 0 Å². The minimum atomic E-state index is -0.426. The Labute approximate surface area is 379 Å². The molecule has 64 heavy (non-hydrogen) atoms. The Balaban J connectivity index is 1.12. The van der Waals surface area contributed by atoms with E-state index in [1.54, 1.807) is 0 Å². The van der Waals surface area contributed by atoms with Gasteiger partial charge in [-0.05, 0) is 92.0 Å². The molecule has 0 N–H and O–H groups in total. The average Bonchev–Trinajstić information content (AvgIpc) is 3.84. The van der Waals surface area contributed by atoms with Crippen LogP contribution in [-0.2, 0) is 10.8 Å². The zero-order valence-electron chi connectivity index (χ0n) is 36.3. The smallest absolute Gasteiger partial charge is 0.0655 e. The van der Waals surface area contributed by atoms with Gasteiger partial charge in [0, 0.05) is 53.5 Å². The number of allylic oxidation sites excluding steroid dienone is 2. The topological polar surface area (TPSA) is 3.24 Å². The maximum absolute atomic E-state index is 2.67. The lowest BCUT2D eigenvalue weighted by molar-refractivity contribution is 0.516. The molecule has 0 bridgehead atoms. The molecular weight excluding hydrogens is 791 g/mol. The number of hydrogen-bond donors (Lipinski definition) is 0. The van der Waals surface area contributed by atoms with E-state index in [1.165, 1.54) is 104 Å². The monoisotopic (exact) mass is 837 g/mol. The van der Waals surface area contributed by atoms with E-state index in [1.807, 2.05) is 11.3 Å². The molecule has 0 spiro atoms. The van der Waals surface area contributed by atoms with Crippen LogP contribution in [0.25, 0.3) is 75.5 Å². The van der Waals surface area contributed by atoms with Crippen LogP contribution in [-0.4, -0.2) is 6.04 Å². The quantitative estimate of drug-likeness (QED) is 0.155. The molecule has 1 nitrogen and oxygen atoms in total. The van der Waals surface area contributed by atoms with Crippen LogP contribution in [0.1, 0.15) is 37.5 Å². The normalized spacial score (nSPS) is 17.2. The van der Waals surface area contributed by atoms with Gasteiger partial charge in [-0.2, -0.15) is 0 Å². The molecule has 306 valence electrons. The number of nitrogens with zero attached hydrogens (tertiary/aromatic N) is 1. The van der Waals surface area contributed by atoms with Crippen LogP contribution in [0.3, 0.4) is 0 Å². The summed E-state index contributed by atoms with van der Waals surface area (Å²) in [6.07, 6.45) is 9.42. The predicted octanol–water partition coefficient (Wildman–Crippen LogP) is 17.1. The summed E-state index contributed by atoms with van der Waals surface area (Å²) >= 11 is 1.92. The maximum atomic E-state index is 2.67. The minimum absolute atomic E-state index is 0.102. The van der Waals surface area contributed by atoms with Crippen molar-refractivity contribution in [3.8, 4) is 44.5 Å². The van der Waals surface area contributed by atoms with Crippen LogP contribution in [0.4, 0.5) is 11.4 Å². The molecule has 0 saturated carbocycles. The summed E-state index contributed by atoms with van der Waals surface area (Å²) in [6.45, 7) is 7.21. The lowest BCUT2D eigenvalue weighted by Crippen LogP contribution is -2.46. The van der Waals surface area contributed by atoms with Crippen LogP contribution in [0.15, 0.2) is 224 Å². The van der Waals surface area contributed by atoms with Gasteiger partial charge in [-0.15, -0.1) is 11.3 Å². The molecule has 2 aliphatic rings. The third-order valence-corrected chi connectivity index (χ3v) is 15.4. The highest BCUT2D eigenvalue weighted by Gasteiger charge is 2.42. The molecule has 9 aromatic carbocycles. The van der Waals surface area contributed by atoms with Crippen molar-refractivity contribution in [3.63, 3.8) is 0 Å². The number of thiophene rings is 1. The van der Waals surface area contributed by atoms with Crippen LogP contribution in [0.2, 0.25) is 0 Å². The highest BCUT2D eigenvalue weighted by atomic mass is 32.1. The fourth-order valence-electron chi connectivity index (χ4n) is 11.1. The van der Waals surface area contributed by atoms with Crippen molar-refractivity contribution < 1.29 is 0 Å². The highest BCUT2D eigenvalue weighted by molar-refractivity contribution is 7.26. The Kier molecular flexibility index (Phi) is 8.97. The molecule has 12 rings (SSSR count). The second-order valence-electron chi connectivity index (χ2n) is 18.2. The van der Waals surface area contributed by atoms with E-state index in [0.717, 1.165) is 0 Å². The van der Waals surface area contributed by atoms with E-state index in [0.29, 0.717) is 0 Å². The van der Waals surface area contributed by atoms with Gasteiger partial charge in [-0.1, -0.05) is 214 Å². The lowest BCUT2D eigenvalue weighted by Gasteiger charge is -2.45. The first kappa shape index (κ1) is 38.4. The van der Waals surface area contributed by atoms with Crippen molar-refractivity contribution in [1.82, 2.24) is 0 Å². The molecule has 0 radical (unpaired) electrons. The maximum Gasteiger partial charge on any atom is 0.0655 e. The van der Waals surface area contributed by atoms with Gasteiger partial charge in [-0.3, -0.25) is 0 Å². The molecule has 1 aromatic heterocycles. The van der Waals surface area contributed by atoms with Gasteiger partial charge < -0.3 is 4.90 Å². The zero-order valence-corrected chi connectivity index (χ0v) is 37.1. The molecule has 2 unspecified atom stereocenters. The fraction of sp³-hybridized carbons (Fsp3) is 0.0968. The van der Waals surface area contributed by atoms with Gasteiger partial charge in [0.25, 0.3) is 0 Å². The minimum Gasteiger partial charge on any atom is -0.332 e. The van der Waals surface area contributed by atoms with Gasteiger partial charge in [-0.25, -0.2) is 0 Å². The molecule has 2 heteroatoms. The highest BCUT2D eigenvalue weighted by Crippen LogP contribution is 2.53. The van der Waals surface area contributed by atoms with Crippen LogP contribution in [0, 0.1) is 0 Å². The Bertz CT molecular complexity index is 3510. The summed E-state index contributed by atoms with van der Waals surface area (Å²) in [5, 5.41) is 5.12. The third-order valence-electron chi connectivity index (χ3n) is 14.2. The summed E-state index contributed by atoms with van der Waals surface area (Å²) in [7, 11) is 0. The SMILES string of the molecule is CC1(C)c2ccccc2-c2ccc(-c3ccccc3N(c3ccccc3-c3cccc4cccc(-c5ccccc5)c34)C3C=CC=CC3(C)c3cccc4c3sc3ccccc34)cc21. The molecule has 2 aliphatic carbocycles. The van der Waals surface area contributed by atoms with Crippen molar-refractivity contribution in [2.75, 3.05) is 4.90 Å². The van der Waals surface area contributed by atoms with Crippen molar-refractivity contribution in [1.29, 1.82) is 0 Å². The third kappa shape index (κ3) is 5.90. The summed E-state index contributed by atoms with van der Waals surface area (Å²) in [5.74, 6) is 0. The lowest BCUT2D eigenvalue weighted by atomic mass is 9.72. The van der Waals surface area contributed by atoms with E-state index < -0.39 is 5.41 Å². The molecule has 0 aliphatic heterocycles. The van der Waals surface area contributed by atoms with Crippen LogP contribution < -0.4 is 4.90 Å². The first-order valence-electron chi connectivity index (χ1n) is 22.5. The Morgan fingerprint density at radius 3 is 1.88 bits per heavy atom.